The van der Waals surface area contributed by atoms with Gasteiger partial charge in [0.15, 0.2) is 0 Å². The summed E-state index contributed by atoms with van der Waals surface area (Å²) < 4.78 is 21.2. The highest BCUT2D eigenvalue weighted by Crippen LogP contribution is 2.35. The predicted molar refractivity (Wildman–Crippen MR) is 106 cm³/mol. The molecule has 2 heterocycles. The van der Waals surface area contributed by atoms with E-state index in [1.165, 1.54) is 12.1 Å². The number of aromatic nitrogens is 1. The zero-order valence-corrected chi connectivity index (χ0v) is 16.5. The quantitative estimate of drug-likeness (QED) is 0.628. The van der Waals surface area contributed by atoms with Crippen LogP contribution in [0.4, 0.5) is 4.39 Å². The Bertz CT molecular complexity index is 1050. The van der Waals surface area contributed by atoms with Crippen molar-refractivity contribution in [1.82, 2.24) is 9.88 Å². The number of carbonyl (C=O) groups is 1. The van der Waals surface area contributed by atoms with E-state index in [-0.39, 0.29) is 17.0 Å². The third-order valence-corrected chi connectivity index (χ3v) is 5.90. The van der Waals surface area contributed by atoms with Crippen LogP contribution in [-0.4, -0.2) is 23.3 Å². The summed E-state index contributed by atoms with van der Waals surface area (Å²) in [5.41, 5.74) is 2.06. The molecular formula is C20H18ClFN2O2S. The number of aryl methyl sites for hydroxylation is 1. The summed E-state index contributed by atoms with van der Waals surface area (Å²) in [6.07, 6.45) is 2.71. The lowest BCUT2D eigenvalue weighted by Crippen LogP contribution is -2.33. The molecule has 27 heavy (non-hydrogen) atoms. The minimum Gasteiger partial charge on any atom is -0.493 e. The minimum atomic E-state index is -0.500. The fraction of sp³-hybridized carbons (Fsp3) is 0.250. The molecule has 7 heteroatoms. The predicted octanol–water partition coefficient (Wildman–Crippen LogP) is 4.95. The van der Waals surface area contributed by atoms with E-state index in [4.69, 9.17) is 16.3 Å². The lowest BCUT2D eigenvalue weighted by molar-refractivity contribution is 0.0917. The van der Waals surface area contributed by atoms with Gasteiger partial charge in [0.05, 0.1) is 23.2 Å². The molecule has 1 amide bonds. The number of benzene rings is 2. The van der Waals surface area contributed by atoms with Crippen molar-refractivity contribution in [1.29, 1.82) is 0 Å². The number of carbonyl (C=O) groups excluding carboxylic acids is 1. The topological polar surface area (TPSA) is 43.3 Å². The molecule has 2 aromatic carbocycles. The first-order valence-corrected chi connectivity index (χ1v) is 10.1. The first-order chi connectivity index (χ1) is 13.0. The van der Waals surface area contributed by atoms with Crippen LogP contribution in [0.25, 0.3) is 10.9 Å². The van der Waals surface area contributed by atoms with Crippen LogP contribution in [0.2, 0.25) is 5.02 Å². The number of hydrogen-bond acceptors (Lipinski definition) is 3. The normalized spacial score (nSPS) is 16.1. The summed E-state index contributed by atoms with van der Waals surface area (Å²) in [5.74, 6) is 0.0987. The van der Waals surface area contributed by atoms with Crippen LogP contribution in [0, 0.1) is 5.82 Å². The molecule has 1 unspecified atom stereocenters. The number of thioether (sulfide) groups is 1. The maximum atomic E-state index is 13.8. The zero-order chi connectivity index (χ0) is 19.1. The molecule has 4 rings (SSSR count). The maximum Gasteiger partial charge on any atom is 0.268 e. The van der Waals surface area contributed by atoms with E-state index in [0.717, 1.165) is 21.6 Å². The molecule has 3 aromatic rings. The Kier molecular flexibility index (Phi) is 4.78. The van der Waals surface area contributed by atoms with Crippen molar-refractivity contribution in [3.05, 3.63) is 58.5 Å². The van der Waals surface area contributed by atoms with Crippen molar-refractivity contribution in [3.63, 3.8) is 0 Å². The number of fused-ring (bicyclic) bond motifs is 2. The number of hydrogen-bond donors (Lipinski definition) is 1. The number of halogens is 2. The summed E-state index contributed by atoms with van der Waals surface area (Å²) in [4.78, 5) is 14.0. The van der Waals surface area contributed by atoms with E-state index in [0.29, 0.717) is 24.2 Å². The molecular weight excluding hydrogens is 387 g/mol. The highest BCUT2D eigenvalue weighted by Gasteiger charge is 2.25. The van der Waals surface area contributed by atoms with Gasteiger partial charge in [-0.15, -0.1) is 11.8 Å². The van der Waals surface area contributed by atoms with Gasteiger partial charge < -0.3 is 14.6 Å². The fourth-order valence-electron chi connectivity index (χ4n) is 3.43. The number of nitrogens with one attached hydrogen (secondary N) is 1. The third-order valence-electron chi connectivity index (χ3n) is 4.88. The smallest absolute Gasteiger partial charge is 0.268 e. The Hall–Kier alpha value is -2.18. The van der Waals surface area contributed by atoms with E-state index in [1.54, 1.807) is 29.4 Å². The van der Waals surface area contributed by atoms with E-state index in [9.17, 15) is 9.18 Å². The van der Waals surface area contributed by atoms with Crippen LogP contribution in [-0.2, 0) is 7.05 Å². The van der Waals surface area contributed by atoms with Crippen molar-refractivity contribution in [3.8, 4) is 5.75 Å². The van der Waals surface area contributed by atoms with Crippen molar-refractivity contribution in [2.24, 2.45) is 7.05 Å². The second-order valence-electron chi connectivity index (χ2n) is 6.48. The monoisotopic (exact) mass is 404 g/mol. The Morgan fingerprint density at radius 1 is 1.33 bits per heavy atom. The van der Waals surface area contributed by atoms with Crippen LogP contribution in [0.15, 0.2) is 41.3 Å². The van der Waals surface area contributed by atoms with Gasteiger partial charge >= 0.3 is 0 Å². The molecule has 4 nitrogen and oxygen atoms in total. The van der Waals surface area contributed by atoms with Gasteiger partial charge in [-0.3, -0.25) is 4.79 Å². The van der Waals surface area contributed by atoms with Gasteiger partial charge in [0.1, 0.15) is 17.3 Å². The second-order valence-corrected chi connectivity index (χ2v) is 7.77. The summed E-state index contributed by atoms with van der Waals surface area (Å²) >= 11 is 7.51. The van der Waals surface area contributed by atoms with Gasteiger partial charge in [0.2, 0.25) is 0 Å². The Morgan fingerprint density at radius 3 is 2.93 bits per heavy atom. The standard InChI is InChI=1S/C20H18ClFN2O2S/c1-24-17-10-15(22)14(21)7-11(17)8-18(24)20(25)23-16-5-6-26-19-9-12(27-2)3-4-13(16)19/h3-4,7-10,16H,5-6H2,1-2H3,(H,23,25). The van der Waals surface area contributed by atoms with Gasteiger partial charge in [-0.1, -0.05) is 17.7 Å². The Morgan fingerprint density at radius 2 is 2.15 bits per heavy atom. The summed E-state index contributed by atoms with van der Waals surface area (Å²) in [7, 11) is 1.74. The molecule has 1 aliphatic heterocycles. The molecule has 1 aromatic heterocycles. The molecule has 0 bridgehead atoms. The molecule has 0 saturated heterocycles. The van der Waals surface area contributed by atoms with Crippen molar-refractivity contribution >= 4 is 40.2 Å². The largest absolute Gasteiger partial charge is 0.493 e. The summed E-state index contributed by atoms with van der Waals surface area (Å²) in [6.45, 7) is 0.547. The number of ether oxygens (including phenoxy) is 1. The zero-order valence-electron chi connectivity index (χ0n) is 14.9. The molecule has 0 fully saturated rings. The van der Waals surface area contributed by atoms with Crippen molar-refractivity contribution in [2.45, 2.75) is 17.4 Å². The van der Waals surface area contributed by atoms with Gasteiger partial charge in [-0.25, -0.2) is 4.39 Å². The number of rotatable bonds is 3. The van der Waals surface area contributed by atoms with Gasteiger partial charge in [-0.05, 0) is 36.6 Å². The molecule has 0 spiro atoms. The van der Waals surface area contributed by atoms with Crippen LogP contribution in [0.3, 0.4) is 0 Å². The SMILES string of the molecule is CSc1ccc2c(c1)OCCC2NC(=O)c1cc2cc(Cl)c(F)cc2n1C. The van der Waals surface area contributed by atoms with Crippen molar-refractivity contribution in [2.75, 3.05) is 12.9 Å². The van der Waals surface area contributed by atoms with Crippen molar-refractivity contribution < 1.29 is 13.9 Å². The molecule has 0 saturated carbocycles. The average Bonchev–Trinajstić information content (AvgIpc) is 2.98. The van der Waals surface area contributed by atoms with Gasteiger partial charge in [-0.2, -0.15) is 0 Å². The lowest BCUT2D eigenvalue weighted by atomic mass is 10.0. The molecule has 1 N–H and O–H groups in total. The highest BCUT2D eigenvalue weighted by atomic mass is 35.5. The van der Waals surface area contributed by atoms with Crippen LogP contribution < -0.4 is 10.1 Å². The maximum absolute atomic E-state index is 13.8. The average molecular weight is 405 g/mol. The molecule has 1 atom stereocenters. The number of nitrogens with zero attached hydrogens (tertiary/aromatic N) is 1. The Labute approximate surface area is 165 Å². The first kappa shape index (κ1) is 18.2. The minimum absolute atomic E-state index is 0.0445. The van der Waals surface area contributed by atoms with E-state index in [1.807, 2.05) is 24.5 Å². The van der Waals surface area contributed by atoms with E-state index in [2.05, 4.69) is 5.32 Å². The Balaban J connectivity index is 1.64. The summed E-state index contributed by atoms with van der Waals surface area (Å²) in [5, 5.41) is 3.86. The van der Waals surface area contributed by atoms with Crippen LogP contribution >= 0.6 is 23.4 Å². The van der Waals surface area contributed by atoms with Crippen LogP contribution in [0.5, 0.6) is 5.75 Å². The third kappa shape index (κ3) is 3.28. The van der Waals surface area contributed by atoms with Gasteiger partial charge in [0.25, 0.3) is 5.91 Å². The lowest BCUT2D eigenvalue weighted by Gasteiger charge is -2.27. The highest BCUT2D eigenvalue weighted by molar-refractivity contribution is 7.98. The molecule has 0 radical (unpaired) electrons. The molecule has 1 aliphatic rings. The second kappa shape index (κ2) is 7.09. The summed E-state index contributed by atoms with van der Waals surface area (Å²) in [6, 6.07) is 10.5. The fourth-order valence-corrected chi connectivity index (χ4v) is 4.03. The molecule has 140 valence electrons. The number of amides is 1. The van der Waals surface area contributed by atoms with Gasteiger partial charge in [0, 0.05) is 29.3 Å². The van der Waals surface area contributed by atoms with E-state index < -0.39 is 5.82 Å². The van der Waals surface area contributed by atoms with Crippen LogP contribution in [0.1, 0.15) is 28.5 Å². The van der Waals surface area contributed by atoms with E-state index >= 15 is 0 Å². The first-order valence-electron chi connectivity index (χ1n) is 8.54. The molecule has 0 aliphatic carbocycles.